The molecule has 4 nitrogen and oxygen atoms in total. The number of rotatable bonds is 5. The molecule has 1 aliphatic heterocycles. The minimum atomic E-state index is -4.61. The molecule has 0 unspecified atom stereocenters. The predicted molar refractivity (Wildman–Crippen MR) is 53.3 cm³/mol. The van der Waals surface area contributed by atoms with E-state index in [1.165, 1.54) is 0 Å². The van der Waals surface area contributed by atoms with Crippen molar-refractivity contribution in [1.29, 1.82) is 0 Å². The van der Waals surface area contributed by atoms with Gasteiger partial charge in [0, 0.05) is 39.3 Å². The molecule has 1 heterocycles. The Labute approximate surface area is 96.3 Å². The quantitative estimate of drug-likeness (QED) is 0.676. The van der Waals surface area contributed by atoms with Crippen molar-refractivity contribution in [3.05, 3.63) is 0 Å². The predicted octanol–water partition coefficient (Wildman–Crippen LogP) is -0.0918. The summed E-state index contributed by atoms with van der Waals surface area (Å²) < 4.78 is 48.7. The molecule has 1 aliphatic rings. The van der Waals surface area contributed by atoms with E-state index in [-0.39, 0.29) is 6.54 Å². The highest BCUT2D eigenvalue weighted by atomic mass is 19.3. The fraction of sp³-hybridized carbons (Fsp3) is 0.889. The van der Waals surface area contributed by atoms with Crippen molar-refractivity contribution in [2.75, 3.05) is 39.3 Å². The van der Waals surface area contributed by atoms with Gasteiger partial charge in [0.25, 0.3) is 5.91 Å². The van der Waals surface area contributed by atoms with Gasteiger partial charge in [0.1, 0.15) is 0 Å². The third kappa shape index (κ3) is 4.12. The van der Waals surface area contributed by atoms with E-state index in [0.717, 1.165) is 26.2 Å². The number of carbonyl (C=O) groups excluding carboxylic acids is 1. The van der Waals surface area contributed by atoms with Crippen LogP contribution in [0.25, 0.3) is 0 Å². The second kappa shape index (κ2) is 6.15. The van der Waals surface area contributed by atoms with Gasteiger partial charge in [0.05, 0.1) is 0 Å². The Morgan fingerprint density at radius 2 is 1.94 bits per heavy atom. The van der Waals surface area contributed by atoms with E-state index in [0.29, 0.717) is 6.54 Å². The molecule has 0 aromatic heterocycles. The second-order valence-electron chi connectivity index (χ2n) is 3.77. The van der Waals surface area contributed by atoms with Crippen molar-refractivity contribution >= 4 is 5.91 Å². The zero-order chi connectivity index (χ0) is 12.9. The van der Waals surface area contributed by atoms with Gasteiger partial charge in [-0.15, -0.1) is 0 Å². The van der Waals surface area contributed by atoms with E-state index in [2.05, 4.69) is 5.32 Å². The van der Waals surface area contributed by atoms with Crippen molar-refractivity contribution < 1.29 is 22.4 Å². The zero-order valence-electron chi connectivity index (χ0n) is 9.19. The molecular weight excluding hydrogens is 242 g/mol. The van der Waals surface area contributed by atoms with Crippen LogP contribution in [0.1, 0.15) is 0 Å². The molecule has 0 aromatic carbocycles. The second-order valence-corrected chi connectivity index (χ2v) is 3.77. The number of halogens is 4. The van der Waals surface area contributed by atoms with Gasteiger partial charge in [-0.2, -0.15) is 8.78 Å². The molecular formula is C9H15F4N3O. The number of nitrogens with zero attached hydrogens (tertiary/aromatic N) is 1. The molecule has 1 saturated heterocycles. The molecule has 0 radical (unpaired) electrons. The number of carbonyl (C=O) groups is 1. The average Bonchev–Trinajstić information content (AvgIpc) is 2.30. The first kappa shape index (κ1) is 14.2. The highest BCUT2D eigenvalue weighted by Crippen LogP contribution is 2.22. The molecule has 8 heteroatoms. The summed E-state index contributed by atoms with van der Waals surface area (Å²) in [5.41, 5.74) is 0. The molecule has 100 valence electrons. The summed E-state index contributed by atoms with van der Waals surface area (Å²) in [4.78, 5) is 12.7. The molecule has 0 bridgehead atoms. The topological polar surface area (TPSA) is 44.4 Å². The first-order valence-corrected chi connectivity index (χ1v) is 5.32. The summed E-state index contributed by atoms with van der Waals surface area (Å²) in [5.74, 6) is -6.52. The Hall–Kier alpha value is -0.890. The van der Waals surface area contributed by atoms with Gasteiger partial charge in [-0.05, 0) is 0 Å². The summed E-state index contributed by atoms with van der Waals surface area (Å²) in [6, 6.07) is 0. The summed E-state index contributed by atoms with van der Waals surface area (Å²) in [7, 11) is 0. The fourth-order valence-electron chi connectivity index (χ4n) is 1.48. The van der Waals surface area contributed by atoms with Crippen LogP contribution in [0.3, 0.4) is 0 Å². The fourth-order valence-corrected chi connectivity index (χ4v) is 1.48. The maximum atomic E-state index is 12.5. The van der Waals surface area contributed by atoms with Crippen molar-refractivity contribution in [3.63, 3.8) is 0 Å². The van der Waals surface area contributed by atoms with Crippen LogP contribution in [-0.4, -0.2) is 62.4 Å². The van der Waals surface area contributed by atoms with Gasteiger partial charge in [0.15, 0.2) is 0 Å². The molecule has 0 aromatic rings. The first-order chi connectivity index (χ1) is 7.94. The molecule has 0 spiro atoms. The van der Waals surface area contributed by atoms with Crippen molar-refractivity contribution in [2.45, 2.75) is 12.3 Å². The lowest BCUT2D eigenvalue weighted by atomic mass is 10.3. The summed E-state index contributed by atoms with van der Waals surface area (Å²) >= 11 is 0. The summed E-state index contributed by atoms with van der Waals surface area (Å²) in [6.07, 6.45) is -3.97. The summed E-state index contributed by atoms with van der Waals surface area (Å²) in [6.45, 7) is 3.42. The molecule has 1 rings (SSSR count). The van der Waals surface area contributed by atoms with Gasteiger partial charge in [0.2, 0.25) is 0 Å². The Bertz CT molecular complexity index is 257. The van der Waals surface area contributed by atoms with Crippen molar-refractivity contribution in [3.8, 4) is 0 Å². The maximum absolute atomic E-state index is 12.5. The van der Waals surface area contributed by atoms with E-state index in [1.54, 1.807) is 0 Å². The van der Waals surface area contributed by atoms with Crippen LogP contribution < -0.4 is 10.6 Å². The Morgan fingerprint density at radius 3 is 2.47 bits per heavy atom. The first-order valence-electron chi connectivity index (χ1n) is 5.32. The lowest BCUT2D eigenvalue weighted by Crippen LogP contribution is -2.49. The minimum Gasteiger partial charge on any atom is -0.349 e. The number of alkyl halides is 4. The minimum absolute atomic E-state index is 0.0544. The van der Waals surface area contributed by atoms with Gasteiger partial charge < -0.3 is 10.6 Å². The third-order valence-electron chi connectivity index (χ3n) is 2.50. The number of amides is 1. The molecule has 2 N–H and O–H groups in total. The largest absolute Gasteiger partial charge is 0.383 e. The van der Waals surface area contributed by atoms with Gasteiger partial charge >= 0.3 is 12.3 Å². The van der Waals surface area contributed by atoms with E-state index in [1.807, 2.05) is 10.2 Å². The van der Waals surface area contributed by atoms with E-state index in [4.69, 9.17) is 0 Å². The Morgan fingerprint density at radius 1 is 1.35 bits per heavy atom. The van der Waals surface area contributed by atoms with Gasteiger partial charge in [-0.1, -0.05) is 0 Å². The number of hydrogen-bond acceptors (Lipinski definition) is 3. The number of hydrogen-bond donors (Lipinski definition) is 2. The SMILES string of the molecule is O=C(NCCN1CCNCC1)C(F)(F)C(F)F. The van der Waals surface area contributed by atoms with Crippen LogP contribution in [0.5, 0.6) is 0 Å². The van der Waals surface area contributed by atoms with Crippen molar-refractivity contribution in [1.82, 2.24) is 15.5 Å². The summed E-state index contributed by atoms with van der Waals surface area (Å²) in [5, 5.41) is 4.93. The van der Waals surface area contributed by atoms with Crippen LogP contribution in [-0.2, 0) is 4.79 Å². The number of nitrogens with one attached hydrogen (secondary N) is 2. The highest BCUT2D eigenvalue weighted by Gasteiger charge is 2.48. The van der Waals surface area contributed by atoms with Gasteiger partial charge in [-0.25, -0.2) is 8.78 Å². The monoisotopic (exact) mass is 257 g/mol. The normalized spacial score (nSPS) is 18.4. The lowest BCUT2D eigenvalue weighted by Gasteiger charge is -2.27. The van der Waals surface area contributed by atoms with Crippen LogP contribution in [0.15, 0.2) is 0 Å². The van der Waals surface area contributed by atoms with E-state index in [9.17, 15) is 22.4 Å². The van der Waals surface area contributed by atoms with Crippen LogP contribution in [0, 0.1) is 0 Å². The lowest BCUT2D eigenvalue weighted by molar-refractivity contribution is -0.169. The Kier molecular flexibility index (Phi) is 5.13. The van der Waals surface area contributed by atoms with E-state index >= 15 is 0 Å². The Balaban J connectivity index is 2.23. The maximum Gasteiger partial charge on any atom is 0.383 e. The third-order valence-corrected chi connectivity index (χ3v) is 2.50. The molecule has 0 aliphatic carbocycles. The van der Waals surface area contributed by atoms with E-state index < -0.39 is 18.3 Å². The molecule has 0 atom stereocenters. The van der Waals surface area contributed by atoms with Crippen molar-refractivity contribution in [2.24, 2.45) is 0 Å². The average molecular weight is 257 g/mol. The van der Waals surface area contributed by atoms with Crippen LogP contribution in [0.2, 0.25) is 0 Å². The molecule has 0 saturated carbocycles. The highest BCUT2D eigenvalue weighted by molar-refractivity contribution is 5.83. The standard InChI is InChI=1S/C9H15F4N3O/c10-7(11)9(12,13)8(17)15-3-6-16-4-1-14-2-5-16/h7,14H,1-6H2,(H,15,17). The molecule has 1 fully saturated rings. The van der Waals surface area contributed by atoms with Crippen LogP contribution >= 0.6 is 0 Å². The molecule has 1 amide bonds. The van der Waals surface area contributed by atoms with Gasteiger partial charge in [-0.3, -0.25) is 9.69 Å². The molecule has 17 heavy (non-hydrogen) atoms. The zero-order valence-corrected chi connectivity index (χ0v) is 9.19. The number of piperazine rings is 1. The van der Waals surface area contributed by atoms with Crippen LogP contribution in [0.4, 0.5) is 17.6 Å². The smallest absolute Gasteiger partial charge is 0.349 e.